The van der Waals surface area contributed by atoms with E-state index in [0.717, 1.165) is 55.2 Å². The van der Waals surface area contributed by atoms with Crippen molar-refractivity contribution in [2.45, 2.75) is 42.4 Å². The lowest BCUT2D eigenvalue weighted by Gasteiger charge is -2.30. The van der Waals surface area contributed by atoms with Gasteiger partial charge in [-0.15, -0.1) is 15.7 Å². The van der Waals surface area contributed by atoms with Gasteiger partial charge in [0.25, 0.3) is 15.9 Å². The second-order valence-electron chi connectivity index (χ2n) is 6.31. The molecule has 0 spiro atoms. The molecular formula is C16H21N3O3S3. The smallest absolute Gasteiger partial charge is 0.294 e. The third-order valence-electron chi connectivity index (χ3n) is 4.10. The molecule has 9 heteroatoms. The van der Waals surface area contributed by atoms with Gasteiger partial charge in [-0.25, -0.2) is 0 Å². The number of carbonyl (C=O) groups is 1. The highest BCUT2D eigenvalue weighted by molar-refractivity contribution is 8.19. The Morgan fingerprint density at radius 1 is 1.28 bits per heavy atom. The molecule has 2 fully saturated rings. The number of amidine groups is 1. The SMILES string of the molecule is CN(C)C=C1SC(=NS(=O)(=O)c2cccs2)N(C2CCCCC2)C1=O. The Morgan fingerprint density at radius 2 is 2.00 bits per heavy atom. The quantitative estimate of drug-likeness (QED) is 0.728. The van der Waals surface area contributed by atoms with Crippen molar-refractivity contribution in [1.82, 2.24) is 9.80 Å². The van der Waals surface area contributed by atoms with Gasteiger partial charge in [0.2, 0.25) is 0 Å². The minimum Gasteiger partial charge on any atom is -0.382 e. The van der Waals surface area contributed by atoms with Gasteiger partial charge in [0.15, 0.2) is 5.17 Å². The van der Waals surface area contributed by atoms with Gasteiger partial charge in [-0.3, -0.25) is 9.69 Å². The molecule has 2 aliphatic rings. The molecule has 0 bridgehead atoms. The average Bonchev–Trinajstić information content (AvgIpc) is 3.18. The minimum atomic E-state index is -3.80. The maximum absolute atomic E-state index is 12.9. The standard InChI is InChI=1S/C16H21N3O3S3/c1-18(2)11-13-15(20)19(12-7-4-3-5-8-12)16(24-13)17-25(21,22)14-9-6-10-23-14/h6,9-12H,3-5,7-8H2,1-2H3. The van der Waals surface area contributed by atoms with Crippen molar-refractivity contribution >= 4 is 44.2 Å². The number of rotatable bonds is 4. The summed E-state index contributed by atoms with van der Waals surface area (Å²) < 4.78 is 29.3. The molecule has 0 unspecified atom stereocenters. The van der Waals surface area contributed by atoms with Crippen LogP contribution >= 0.6 is 23.1 Å². The molecule has 136 valence electrons. The lowest BCUT2D eigenvalue weighted by atomic mass is 9.94. The summed E-state index contributed by atoms with van der Waals surface area (Å²) in [6.45, 7) is 0. The first-order valence-corrected chi connectivity index (χ1v) is 11.3. The van der Waals surface area contributed by atoms with Crippen LogP contribution in [0, 0.1) is 0 Å². The molecule has 1 saturated carbocycles. The van der Waals surface area contributed by atoms with Crippen LogP contribution in [0.25, 0.3) is 0 Å². The van der Waals surface area contributed by atoms with E-state index in [1.807, 2.05) is 14.1 Å². The number of nitrogens with zero attached hydrogens (tertiary/aromatic N) is 3. The van der Waals surface area contributed by atoms with Crippen molar-refractivity contribution in [3.63, 3.8) is 0 Å². The summed E-state index contributed by atoms with van der Waals surface area (Å²) >= 11 is 2.28. The van der Waals surface area contributed by atoms with Gasteiger partial charge in [-0.1, -0.05) is 25.3 Å². The Bertz CT molecular complexity index is 792. The van der Waals surface area contributed by atoms with Crippen molar-refractivity contribution in [1.29, 1.82) is 0 Å². The average molecular weight is 400 g/mol. The van der Waals surface area contributed by atoms with E-state index in [1.165, 1.54) is 6.07 Å². The van der Waals surface area contributed by atoms with Gasteiger partial charge in [0, 0.05) is 26.3 Å². The molecule has 1 aromatic heterocycles. The number of thioether (sulfide) groups is 1. The summed E-state index contributed by atoms with van der Waals surface area (Å²) in [6.07, 6.45) is 6.77. The zero-order chi connectivity index (χ0) is 18.0. The molecule has 0 atom stereocenters. The minimum absolute atomic E-state index is 0.0269. The fourth-order valence-electron chi connectivity index (χ4n) is 2.99. The Balaban J connectivity index is 1.99. The highest BCUT2D eigenvalue weighted by Crippen LogP contribution is 2.37. The van der Waals surface area contributed by atoms with Crippen LogP contribution in [0.4, 0.5) is 0 Å². The van der Waals surface area contributed by atoms with E-state index in [-0.39, 0.29) is 21.3 Å². The van der Waals surface area contributed by atoms with E-state index in [1.54, 1.807) is 27.4 Å². The first-order chi connectivity index (χ1) is 11.9. The second kappa shape index (κ2) is 7.51. The monoisotopic (exact) mass is 399 g/mol. The van der Waals surface area contributed by atoms with Crippen LogP contribution < -0.4 is 0 Å². The normalized spacial score (nSPS) is 23.0. The van der Waals surface area contributed by atoms with Gasteiger partial charge in [0.05, 0.1) is 4.91 Å². The van der Waals surface area contributed by atoms with Crippen molar-refractivity contribution in [3.8, 4) is 0 Å². The van der Waals surface area contributed by atoms with Crippen LogP contribution in [0.15, 0.2) is 37.2 Å². The van der Waals surface area contributed by atoms with Gasteiger partial charge in [-0.2, -0.15) is 8.42 Å². The van der Waals surface area contributed by atoms with E-state index in [4.69, 9.17) is 0 Å². The maximum Gasteiger partial charge on any atom is 0.294 e. The van der Waals surface area contributed by atoms with Crippen LogP contribution in [0.1, 0.15) is 32.1 Å². The van der Waals surface area contributed by atoms with Gasteiger partial charge < -0.3 is 4.90 Å². The number of carbonyl (C=O) groups excluding carboxylic acids is 1. The number of amides is 1. The zero-order valence-corrected chi connectivity index (χ0v) is 16.7. The summed E-state index contributed by atoms with van der Waals surface area (Å²) in [5.74, 6) is -0.147. The maximum atomic E-state index is 12.9. The molecule has 1 aromatic rings. The van der Waals surface area contributed by atoms with Gasteiger partial charge in [0.1, 0.15) is 4.21 Å². The van der Waals surface area contributed by atoms with Crippen LogP contribution in [-0.2, 0) is 14.8 Å². The first-order valence-electron chi connectivity index (χ1n) is 8.16. The fourth-order valence-corrected chi connectivity index (χ4v) is 6.26. The van der Waals surface area contributed by atoms with Crippen LogP contribution in [0.2, 0.25) is 0 Å². The lowest BCUT2D eigenvalue weighted by molar-refractivity contribution is -0.124. The van der Waals surface area contributed by atoms with E-state index >= 15 is 0 Å². The van der Waals surface area contributed by atoms with E-state index in [0.29, 0.717) is 4.91 Å². The van der Waals surface area contributed by atoms with Gasteiger partial charge >= 0.3 is 0 Å². The zero-order valence-electron chi connectivity index (χ0n) is 14.2. The van der Waals surface area contributed by atoms with E-state index in [2.05, 4.69) is 4.40 Å². The Hall–Kier alpha value is -1.32. The number of sulfonamides is 1. The van der Waals surface area contributed by atoms with Crippen molar-refractivity contribution in [3.05, 3.63) is 28.6 Å². The number of hydrogen-bond donors (Lipinski definition) is 0. The fraction of sp³-hybridized carbons (Fsp3) is 0.500. The predicted octanol–water partition coefficient (Wildman–Crippen LogP) is 3.10. The Labute approximate surface area is 156 Å². The second-order valence-corrected chi connectivity index (χ2v) is 10.1. The third-order valence-corrected chi connectivity index (χ3v) is 7.83. The molecule has 25 heavy (non-hydrogen) atoms. The molecule has 1 amide bonds. The molecule has 0 N–H and O–H groups in total. The predicted molar refractivity (Wildman–Crippen MR) is 102 cm³/mol. The largest absolute Gasteiger partial charge is 0.382 e. The molecular weight excluding hydrogens is 378 g/mol. The van der Waals surface area contributed by atoms with Crippen LogP contribution in [0.3, 0.4) is 0 Å². The molecule has 0 radical (unpaired) electrons. The number of thiophene rings is 1. The van der Waals surface area contributed by atoms with E-state index in [9.17, 15) is 13.2 Å². The van der Waals surface area contributed by atoms with E-state index < -0.39 is 10.0 Å². The topological polar surface area (TPSA) is 70.1 Å². The summed E-state index contributed by atoms with van der Waals surface area (Å²) in [5, 5.41) is 1.98. The first kappa shape index (κ1) is 18.5. The molecule has 1 saturated heterocycles. The van der Waals surface area contributed by atoms with Crippen molar-refractivity contribution < 1.29 is 13.2 Å². The Kier molecular flexibility index (Phi) is 5.55. The molecule has 6 nitrogen and oxygen atoms in total. The van der Waals surface area contributed by atoms with Crippen LogP contribution in [-0.4, -0.2) is 49.4 Å². The van der Waals surface area contributed by atoms with Crippen molar-refractivity contribution in [2.75, 3.05) is 14.1 Å². The molecule has 3 rings (SSSR count). The van der Waals surface area contributed by atoms with Crippen molar-refractivity contribution in [2.24, 2.45) is 4.40 Å². The molecule has 0 aromatic carbocycles. The molecule has 1 aliphatic heterocycles. The lowest BCUT2D eigenvalue weighted by Crippen LogP contribution is -2.40. The third kappa shape index (κ3) is 4.09. The highest BCUT2D eigenvalue weighted by atomic mass is 32.2. The summed E-state index contributed by atoms with van der Waals surface area (Å²) in [4.78, 5) is 16.8. The highest BCUT2D eigenvalue weighted by Gasteiger charge is 2.40. The summed E-state index contributed by atoms with van der Waals surface area (Å²) in [6, 6.07) is 3.24. The summed E-state index contributed by atoms with van der Waals surface area (Å²) in [5.41, 5.74) is 0. The molecule has 2 heterocycles. The van der Waals surface area contributed by atoms with Crippen LogP contribution in [0.5, 0.6) is 0 Å². The molecule has 1 aliphatic carbocycles. The summed E-state index contributed by atoms with van der Waals surface area (Å²) in [7, 11) is -0.123. The number of hydrogen-bond acceptors (Lipinski definition) is 6. The van der Waals surface area contributed by atoms with Gasteiger partial charge in [-0.05, 0) is 36.0 Å². The Morgan fingerprint density at radius 3 is 2.60 bits per heavy atom.